The first-order chi connectivity index (χ1) is 32.5. The molecule has 0 saturated carbocycles. The number of nitrogens with zero attached hydrogens (tertiary/aromatic N) is 2. The van der Waals surface area contributed by atoms with Crippen molar-refractivity contribution in [1.82, 2.24) is 4.57 Å². The number of fused-ring (bicyclic) bond motifs is 16. The number of aromatic nitrogens is 1. The molecule has 0 amide bonds. The summed E-state index contributed by atoms with van der Waals surface area (Å²) in [6.07, 6.45) is 0. The highest BCUT2D eigenvalue weighted by molar-refractivity contribution is 6.16. The standard InChI is InChI=1S/C64H44N2/c1-63(2)51-28-11-6-23-47(51)48-27-17-36-59(62(48)63)66(43-39-37-41(38-40-43)44-26-16-34-57-60(44)50-25-10-15-33-56(50)65(57)42-19-4-3-5-20-42)58-35-18-32-55-61(58)49-24-9-14-31-54(49)64(55)52-29-12-7-21-45(52)46-22-8-13-30-53(46)64/h3-40H,1-2H3. The zero-order valence-corrected chi connectivity index (χ0v) is 36.8. The van der Waals surface area contributed by atoms with E-state index in [4.69, 9.17) is 0 Å². The number of hydrogen-bond acceptors (Lipinski definition) is 1. The molecule has 66 heavy (non-hydrogen) atoms. The molecule has 310 valence electrons. The Kier molecular flexibility index (Phi) is 7.70. The fourth-order valence-corrected chi connectivity index (χ4v) is 12.6. The molecule has 10 aromatic carbocycles. The van der Waals surface area contributed by atoms with Gasteiger partial charge in [-0.05, 0) is 121 Å². The van der Waals surface area contributed by atoms with Gasteiger partial charge in [0.15, 0.2) is 0 Å². The molecule has 0 bridgehead atoms. The van der Waals surface area contributed by atoms with Crippen molar-refractivity contribution in [2.75, 3.05) is 4.90 Å². The summed E-state index contributed by atoms with van der Waals surface area (Å²) in [4.78, 5) is 2.58. The van der Waals surface area contributed by atoms with Gasteiger partial charge < -0.3 is 9.47 Å². The molecule has 1 aromatic heterocycles. The van der Waals surface area contributed by atoms with Crippen LogP contribution in [0.3, 0.4) is 0 Å². The van der Waals surface area contributed by atoms with Crippen molar-refractivity contribution < 1.29 is 0 Å². The zero-order valence-electron chi connectivity index (χ0n) is 36.8. The predicted octanol–water partition coefficient (Wildman–Crippen LogP) is 16.6. The second-order valence-electron chi connectivity index (χ2n) is 18.7. The highest BCUT2D eigenvalue weighted by atomic mass is 15.2. The second kappa shape index (κ2) is 13.7. The van der Waals surface area contributed by atoms with E-state index in [1.165, 1.54) is 111 Å². The summed E-state index contributed by atoms with van der Waals surface area (Å²) in [6.45, 7) is 4.81. The van der Waals surface area contributed by atoms with Crippen LogP contribution in [-0.4, -0.2) is 4.57 Å². The lowest BCUT2D eigenvalue weighted by Crippen LogP contribution is -2.26. The average Bonchev–Trinajstić information content (AvgIpc) is 4.05. The van der Waals surface area contributed by atoms with Crippen LogP contribution < -0.4 is 4.90 Å². The Bertz CT molecular complexity index is 3750. The minimum absolute atomic E-state index is 0.232. The third kappa shape index (κ3) is 4.80. The molecule has 2 nitrogen and oxygen atoms in total. The van der Waals surface area contributed by atoms with Crippen molar-refractivity contribution in [3.63, 3.8) is 0 Å². The molecule has 0 saturated heterocycles. The van der Waals surface area contributed by atoms with E-state index in [9.17, 15) is 0 Å². The molecule has 0 N–H and O–H groups in total. The van der Waals surface area contributed by atoms with E-state index >= 15 is 0 Å². The third-order valence-electron chi connectivity index (χ3n) is 15.2. The zero-order chi connectivity index (χ0) is 43.7. The van der Waals surface area contributed by atoms with Crippen LogP contribution in [0, 0.1) is 0 Å². The van der Waals surface area contributed by atoms with Crippen LogP contribution in [-0.2, 0) is 10.8 Å². The number of rotatable bonds is 5. The third-order valence-corrected chi connectivity index (χ3v) is 15.2. The highest BCUT2D eigenvalue weighted by Gasteiger charge is 2.52. The van der Waals surface area contributed by atoms with Gasteiger partial charge in [0.2, 0.25) is 0 Å². The van der Waals surface area contributed by atoms with Crippen LogP contribution in [0.4, 0.5) is 17.1 Å². The van der Waals surface area contributed by atoms with Gasteiger partial charge in [0.05, 0.1) is 27.8 Å². The van der Waals surface area contributed by atoms with Gasteiger partial charge in [0, 0.05) is 33.1 Å². The molecule has 11 aromatic rings. The maximum Gasteiger partial charge on any atom is 0.0726 e. The lowest BCUT2D eigenvalue weighted by molar-refractivity contribution is 0.661. The van der Waals surface area contributed by atoms with Crippen LogP contribution in [0.5, 0.6) is 0 Å². The van der Waals surface area contributed by atoms with Gasteiger partial charge in [-0.1, -0.05) is 196 Å². The highest BCUT2D eigenvalue weighted by Crippen LogP contribution is 2.65. The quantitative estimate of drug-likeness (QED) is 0.168. The van der Waals surface area contributed by atoms with E-state index in [0.29, 0.717) is 0 Å². The first-order valence-electron chi connectivity index (χ1n) is 23.2. The smallest absolute Gasteiger partial charge is 0.0726 e. The normalized spacial score (nSPS) is 14.2. The number of para-hydroxylation sites is 2. The minimum Gasteiger partial charge on any atom is -0.310 e. The summed E-state index contributed by atoms with van der Waals surface area (Å²) in [7, 11) is 0. The lowest BCUT2D eigenvalue weighted by atomic mass is 9.70. The molecule has 2 heteroatoms. The molecule has 1 heterocycles. The van der Waals surface area contributed by atoms with Gasteiger partial charge in [-0.3, -0.25) is 0 Å². The molecule has 0 aliphatic heterocycles. The molecule has 0 atom stereocenters. The summed E-state index contributed by atoms with van der Waals surface area (Å²) in [5.74, 6) is 0. The molecular formula is C64H44N2. The van der Waals surface area contributed by atoms with Crippen molar-refractivity contribution >= 4 is 38.9 Å². The van der Waals surface area contributed by atoms with Crippen molar-refractivity contribution in [3.05, 3.63) is 264 Å². The summed E-state index contributed by atoms with van der Waals surface area (Å²) in [6, 6.07) is 86.1. The second-order valence-corrected chi connectivity index (χ2v) is 18.7. The molecular weight excluding hydrogens is 797 g/mol. The van der Waals surface area contributed by atoms with Gasteiger partial charge in [-0.25, -0.2) is 0 Å². The van der Waals surface area contributed by atoms with E-state index in [2.05, 4.69) is 254 Å². The largest absolute Gasteiger partial charge is 0.310 e. The Labute approximate surface area is 385 Å². The molecule has 0 unspecified atom stereocenters. The van der Waals surface area contributed by atoms with Gasteiger partial charge in [-0.15, -0.1) is 0 Å². The maximum atomic E-state index is 2.58. The summed E-state index contributed by atoms with van der Waals surface area (Å²) < 4.78 is 2.40. The minimum atomic E-state index is -0.448. The fraction of sp³-hybridized carbons (Fsp3) is 0.0625. The first kappa shape index (κ1) is 37.2. The summed E-state index contributed by atoms with van der Waals surface area (Å²) in [5.41, 5.74) is 24.7. The Balaban J connectivity index is 1.02. The van der Waals surface area contributed by atoms with Crippen molar-refractivity contribution in [2.24, 2.45) is 0 Å². The van der Waals surface area contributed by atoms with E-state index < -0.39 is 5.41 Å². The van der Waals surface area contributed by atoms with E-state index in [-0.39, 0.29) is 5.41 Å². The van der Waals surface area contributed by atoms with Crippen molar-refractivity contribution in [2.45, 2.75) is 24.7 Å². The first-order valence-corrected chi connectivity index (χ1v) is 23.2. The number of anilines is 3. The fourth-order valence-electron chi connectivity index (χ4n) is 12.6. The Morgan fingerprint density at radius 2 is 0.864 bits per heavy atom. The van der Waals surface area contributed by atoms with Gasteiger partial charge in [0.1, 0.15) is 0 Å². The summed E-state index contributed by atoms with van der Waals surface area (Å²) >= 11 is 0. The molecule has 0 fully saturated rings. The van der Waals surface area contributed by atoms with Crippen LogP contribution in [0.2, 0.25) is 0 Å². The van der Waals surface area contributed by atoms with E-state index in [1.807, 2.05) is 0 Å². The van der Waals surface area contributed by atoms with Crippen LogP contribution in [0.1, 0.15) is 47.2 Å². The lowest BCUT2D eigenvalue weighted by Gasteiger charge is -2.34. The monoisotopic (exact) mass is 840 g/mol. The van der Waals surface area contributed by atoms with Crippen LogP contribution >= 0.6 is 0 Å². The SMILES string of the molecule is CC1(C)c2ccccc2-c2cccc(N(c3ccc(-c4cccc5c4c4ccccc4n5-c4ccccc4)cc3)c3cccc4c3-c3ccccc3C43c4ccccc4-c4ccccc43)c21. The van der Waals surface area contributed by atoms with Gasteiger partial charge in [0.25, 0.3) is 0 Å². The number of hydrogen-bond donors (Lipinski definition) is 0. The Hall–Kier alpha value is -8.20. The topological polar surface area (TPSA) is 8.17 Å². The maximum absolute atomic E-state index is 2.58. The van der Waals surface area contributed by atoms with Gasteiger partial charge >= 0.3 is 0 Å². The molecule has 3 aliphatic rings. The van der Waals surface area contributed by atoms with Crippen LogP contribution in [0.15, 0.2) is 231 Å². The summed E-state index contributed by atoms with van der Waals surface area (Å²) in [5, 5.41) is 2.52. The molecule has 0 radical (unpaired) electrons. The molecule has 3 aliphatic carbocycles. The molecule has 14 rings (SSSR count). The predicted molar refractivity (Wildman–Crippen MR) is 275 cm³/mol. The van der Waals surface area contributed by atoms with Crippen molar-refractivity contribution in [3.8, 4) is 50.2 Å². The van der Waals surface area contributed by atoms with E-state index in [0.717, 1.165) is 11.4 Å². The van der Waals surface area contributed by atoms with Crippen molar-refractivity contribution in [1.29, 1.82) is 0 Å². The Morgan fingerprint density at radius 1 is 0.364 bits per heavy atom. The van der Waals surface area contributed by atoms with E-state index in [1.54, 1.807) is 0 Å². The Morgan fingerprint density at radius 3 is 1.59 bits per heavy atom. The number of benzene rings is 10. The van der Waals surface area contributed by atoms with Crippen LogP contribution in [0.25, 0.3) is 72.0 Å². The molecule has 1 spiro atoms. The average molecular weight is 841 g/mol. The van der Waals surface area contributed by atoms with Gasteiger partial charge in [-0.2, -0.15) is 0 Å².